The second-order valence-electron chi connectivity index (χ2n) is 3.68. The Morgan fingerprint density at radius 2 is 2.38 bits per heavy atom. The quantitative estimate of drug-likeness (QED) is 0.777. The molecule has 0 bridgehead atoms. The Morgan fingerprint density at radius 3 is 3.06 bits per heavy atom. The molecule has 0 saturated carbocycles. The number of hydrogen-bond acceptors (Lipinski definition) is 4. The van der Waals surface area contributed by atoms with E-state index in [-0.39, 0.29) is 0 Å². The highest BCUT2D eigenvalue weighted by Gasteiger charge is 2.12. The molecule has 0 aliphatic rings. The van der Waals surface area contributed by atoms with Crippen LogP contribution in [0.15, 0.2) is 23.1 Å². The first-order valence-electron chi connectivity index (χ1n) is 5.44. The number of aromatic nitrogens is 3. The zero-order valence-electron chi connectivity index (χ0n) is 9.60. The van der Waals surface area contributed by atoms with Crippen molar-refractivity contribution in [2.24, 2.45) is 7.05 Å². The molecular weight excluding hydrogens is 204 g/mol. The summed E-state index contributed by atoms with van der Waals surface area (Å²) >= 11 is 0. The zero-order valence-corrected chi connectivity index (χ0v) is 9.60. The minimum absolute atomic E-state index is 0.718. The fourth-order valence-electron chi connectivity index (χ4n) is 1.52. The van der Waals surface area contributed by atoms with Crippen molar-refractivity contribution in [1.82, 2.24) is 20.1 Å². The highest BCUT2D eigenvalue weighted by Crippen LogP contribution is 2.20. The van der Waals surface area contributed by atoms with Gasteiger partial charge < -0.3 is 9.73 Å². The summed E-state index contributed by atoms with van der Waals surface area (Å²) in [6.45, 7) is 3.83. The molecule has 2 aromatic rings. The minimum atomic E-state index is 0.718. The normalized spacial score (nSPS) is 10.9. The molecule has 0 fully saturated rings. The van der Waals surface area contributed by atoms with Gasteiger partial charge in [0, 0.05) is 19.8 Å². The molecule has 0 unspecified atom stereocenters. The largest absolute Gasteiger partial charge is 0.441 e. The monoisotopic (exact) mass is 220 g/mol. The van der Waals surface area contributed by atoms with Gasteiger partial charge in [-0.2, -0.15) is 5.10 Å². The summed E-state index contributed by atoms with van der Waals surface area (Å²) in [4.78, 5) is 4.20. The van der Waals surface area contributed by atoms with Crippen LogP contribution in [0.2, 0.25) is 0 Å². The first-order chi connectivity index (χ1) is 7.81. The van der Waals surface area contributed by atoms with Crippen LogP contribution < -0.4 is 5.32 Å². The van der Waals surface area contributed by atoms with Crippen LogP contribution in [-0.2, 0) is 13.6 Å². The van der Waals surface area contributed by atoms with Gasteiger partial charge in [-0.05, 0) is 19.0 Å². The molecule has 2 rings (SSSR count). The van der Waals surface area contributed by atoms with Crippen LogP contribution in [0, 0.1) is 0 Å². The van der Waals surface area contributed by atoms with E-state index in [0.717, 1.165) is 36.7 Å². The summed E-state index contributed by atoms with van der Waals surface area (Å²) < 4.78 is 7.12. The maximum atomic E-state index is 5.37. The molecule has 0 aromatic carbocycles. The molecule has 0 aliphatic heterocycles. The smallest absolute Gasteiger partial charge is 0.181 e. The molecule has 5 heteroatoms. The van der Waals surface area contributed by atoms with Gasteiger partial charge in [-0.25, -0.2) is 4.98 Å². The van der Waals surface area contributed by atoms with Gasteiger partial charge in [-0.15, -0.1) is 0 Å². The molecule has 0 atom stereocenters. The number of rotatable bonds is 5. The van der Waals surface area contributed by atoms with Crippen molar-refractivity contribution in [2.45, 2.75) is 19.9 Å². The van der Waals surface area contributed by atoms with Gasteiger partial charge in [0.05, 0.1) is 0 Å². The molecule has 1 N–H and O–H groups in total. The lowest BCUT2D eigenvalue weighted by atomic mass is 10.2. The molecule has 0 aliphatic carbocycles. The molecule has 5 nitrogen and oxygen atoms in total. The van der Waals surface area contributed by atoms with Crippen LogP contribution >= 0.6 is 0 Å². The second-order valence-corrected chi connectivity index (χ2v) is 3.68. The number of oxazole rings is 1. The maximum Gasteiger partial charge on any atom is 0.181 e. The van der Waals surface area contributed by atoms with E-state index in [2.05, 4.69) is 22.3 Å². The molecule has 0 amide bonds. The van der Waals surface area contributed by atoms with Crippen LogP contribution in [0.1, 0.15) is 19.0 Å². The predicted molar refractivity (Wildman–Crippen MR) is 60.7 cm³/mol. The number of nitrogens with one attached hydrogen (secondary N) is 1. The summed E-state index contributed by atoms with van der Waals surface area (Å²) in [5.74, 6) is 0.754. The highest BCUT2D eigenvalue weighted by molar-refractivity contribution is 5.53. The highest BCUT2D eigenvalue weighted by atomic mass is 16.3. The van der Waals surface area contributed by atoms with E-state index in [0.29, 0.717) is 0 Å². The Bertz CT molecular complexity index is 446. The third-order valence-corrected chi connectivity index (χ3v) is 2.31. The van der Waals surface area contributed by atoms with Crippen LogP contribution in [0.3, 0.4) is 0 Å². The van der Waals surface area contributed by atoms with Gasteiger partial charge in [-0.3, -0.25) is 4.68 Å². The van der Waals surface area contributed by atoms with Crippen molar-refractivity contribution in [2.75, 3.05) is 6.54 Å². The van der Waals surface area contributed by atoms with Crippen LogP contribution in [0.5, 0.6) is 0 Å². The summed E-state index contributed by atoms with van der Waals surface area (Å²) in [5.41, 5.74) is 1.74. The fraction of sp³-hybridized carbons (Fsp3) is 0.455. The van der Waals surface area contributed by atoms with Gasteiger partial charge in [0.15, 0.2) is 12.2 Å². The van der Waals surface area contributed by atoms with E-state index in [1.165, 1.54) is 6.39 Å². The molecule has 0 spiro atoms. The Labute approximate surface area is 94.5 Å². The molecule has 86 valence electrons. The number of nitrogens with zero attached hydrogens (tertiary/aromatic N) is 3. The third kappa shape index (κ3) is 2.30. The van der Waals surface area contributed by atoms with E-state index < -0.39 is 0 Å². The standard InChI is InChI=1S/C11H16N4O/c1-3-5-12-7-10-11(16-8-13-10)9-4-6-15(2)14-9/h4,6,8,12H,3,5,7H2,1-2H3. The Hall–Kier alpha value is -1.62. The Kier molecular flexibility index (Phi) is 3.36. The third-order valence-electron chi connectivity index (χ3n) is 2.31. The summed E-state index contributed by atoms with van der Waals surface area (Å²) in [7, 11) is 1.88. The lowest BCUT2D eigenvalue weighted by Crippen LogP contribution is -2.14. The predicted octanol–water partition coefficient (Wildman–Crippen LogP) is 1.57. The average molecular weight is 220 g/mol. The van der Waals surface area contributed by atoms with Crippen molar-refractivity contribution in [3.63, 3.8) is 0 Å². The van der Waals surface area contributed by atoms with Crippen LogP contribution in [-0.4, -0.2) is 21.3 Å². The van der Waals surface area contributed by atoms with Crippen molar-refractivity contribution >= 4 is 0 Å². The molecule has 16 heavy (non-hydrogen) atoms. The fourth-order valence-corrected chi connectivity index (χ4v) is 1.52. The number of hydrogen-bond donors (Lipinski definition) is 1. The van der Waals surface area contributed by atoms with Crippen LogP contribution in [0.25, 0.3) is 11.5 Å². The zero-order chi connectivity index (χ0) is 11.4. The maximum absolute atomic E-state index is 5.37. The van der Waals surface area contributed by atoms with Gasteiger partial charge in [0.2, 0.25) is 0 Å². The van der Waals surface area contributed by atoms with E-state index >= 15 is 0 Å². The van der Waals surface area contributed by atoms with Crippen molar-refractivity contribution < 1.29 is 4.42 Å². The summed E-state index contributed by atoms with van der Waals surface area (Å²) in [6, 6.07) is 1.92. The summed E-state index contributed by atoms with van der Waals surface area (Å²) in [6.07, 6.45) is 4.46. The Morgan fingerprint density at radius 1 is 1.50 bits per heavy atom. The average Bonchev–Trinajstić information content (AvgIpc) is 2.87. The van der Waals surface area contributed by atoms with Crippen molar-refractivity contribution in [1.29, 1.82) is 0 Å². The lowest BCUT2D eigenvalue weighted by Gasteiger charge is -2.00. The van der Waals surface area contributed by atoms with E-state index in [9.17, 15) is 0 Å². The molecule has 2 heterocycles. The SMILES string of the molecule is CCCNCc1ncoc1-c1ccn(C)n1. The van der Waals surface area contributed by atoms with Crippen LogP contribution in [0.4, 0.5) is 0 Å². The number of aryl methyl sites for hydroxylation is 1. The van der Waals surface area contributed by atoms with Gasteiger partial charge in [-0.1, -0.05) is 6.92 Å². The minimum Gasteiger partial charge on any atom is -0.441 e. The van der Waals surface area contributed by atoms with E-state index in [1.54, 1.807) is 4.68 Å². The topological polar surface area (TPSA) is 55.9 Å². The molecule has 2 aromatic heterocycles. The van der Waals surface area contributed by atoms with Gasteiger partial charge >= 0.3 is 0 Å². The first kappa shape index (κ1) is 10.9. The van der Waals surface area contributed by atoms with Gasteiger partial charge in [0.1, 0.15) is 11.4 Å². The summed E-state index contributed by atoms with van der Waals surface area (Å²) in [5, 5.41) is 7.59. The van der Waals surface area contributed by atoms with Gasteiger partial charge in [0.25, 0.3) is 0 Å². The van der Waals surface area contributed by atoms with Crippen molar-refractivity contribution in [3.05, 3.63) is 24.4 Å². The molecule has 0 radical (unpaired) electrons. The van der Waals surface area contributed by atoms with Crippen molar-refractivity contribution in [3.8, 4) is 11.5 Å². The van der Waals surface area contributed by atoms with E-state index in [4.69, 9.17) is 4.42 Å². The molecular formula is C11H16N4O. The first-order valence-corrected chi connectivity index (χ1v) is 5.44. The van der Waals surface area contributed by atoms with E-state index in [1.807, 2.05) is 19.3 Å². The second kappa shape index (κ2) is 4.94. The molecule has 0 saturated heterocycles. The lowest BCUT2D eigenvalue weighted by molar-refractivity contribution is 0.565. The Balaban J connectivity index is 2.12.